The number of rotatable bonds is 5. The van der Waals surface area contributed by atoms with E-state index in [4.69, 9.17) is 9.47 Å². The smallest absolute Gasteiger partial charge is 0.330 e. The quantitative estimate of drug-likeness (QED) is 0.855. The molecule has 2 rings (SSSR count). The van der Waals surface area contributed by atoms with Gasteiger partial charge < -0.3 is 19.9 Å². The molecule has 1 saturated heterocycles. The molecule has 0 radical (unpaired) electrons. The first kappa shape index (κ1) is 15.5. The molecule has 1 aromatic rings. The highest BCUT2D eigenvalue weighted by Crippen LogP contribution is 2.33. The number of hydrogen-bond acceptors (Lipinski definition) is 5. The second-order valence-corrected chi connectivity index (χ2v) is 5.79. The Hall–Kier alpha value is -1.89. The predicted octanol–water partition coefficient (Wildman–Crippen LogP) is 1.39. The van der Waals surface area contributed by atoms with E-state index in [-0.39, 0.29) is 5.56 Å². The minimum Gasteiger partial charge on any atom is -0.493 e. The fourth-order valence-corrected chi connectivity index (χ4v) is 3.56. The summed E-state index contributed by atoms with van der Waals surface area (Å²) in [5.74, 6) is 0.305. The van der Waals surface area contributed by atoms with Crippen LogP contribution in [0.15, 0.2) is 18.2 Å². The lowest BCUT2D eigenvalue weighted by Gasteiger charge is -2.25. The Kier molecular flexibility index (Phi) is 4.62. The van der Waals surface area contributed by atoms with Gasteiger partial charge in [0.2, 0.25) is 0 Å². The van der Waals surface area contributed by atoms with Crippen molar-refractivity contribution in [2.45, 2.75) is 12.0 Å². The van der Waals surface area contributed by atoms with Crippen molar-refractivity contribution in [1.29, 1.82) is 0 Å². The molecule has 1 fully saturated rings. The van der Waals surface area contributed by atoms with Gasteiger partial charge in [-0.2, -0.15) is 11.8 Å². The van der Waals surface area contributed by atoms with E-state index in [1.54, 1.807) is 18.2 Å². The standard InChI is InChI=1S/C14H17NO5S/c1-19-10-5-3-4-9(11(10)20-2)12(16)15-14(13(17)18)6-7-21-8-14/h3-5H,6-8H2,1-2H3,(H,15,16)(H,17,18). The average molecular weight is 311 g/mol. The predicted molar refractivity (Wildman–Crippen MR) is 79.3 cm³/mol. The zero-order chi connectivity index (χ0) is 15.5. The van der Waals surface area contributed by atoms with Crippen LogP contribution in [-0.4, -0.2) is 48.2 Å². The SMILES string of the molecule is COc1cccc(C(=O)NC2(C(=O)O)CCSC2)c1OC. The lowest BCUT2D eigenvalue weighted by Crippen LogP contribution is -2.54. The Balaban J connectivity index is 2.30. The van der Waals surface area contributed by atoms with Crippen molar-refractivity contribution in [2.75, 3.05) is 25.7 Å². The molecule has 1 atom stereocenters. The number of carboxylic acids is 1. The Labute approximate surface area is 126 Å². The molecule has 6 nitrogen and oxygen atoms in total. The largest absolute Gasteiger partial charge is 0.493 e. The third-order valence-corrected chi connectivity index (χ3v) is 4.62. The van der Waals surface area contributed by atoms with E-state index in [0.717, 1.165) is 0 Å². The summed E-state index contributed by atoms with van der Waals surface area (Å²) in [5.41, 5.74) is -0.954. The maximum Gasteiger partial charge on any atom is 0.330 e. The van der Waals surface area contributed by atoms with E-state index in [9.17, 15) is 14.7 Å². The summed E-state index contributed by atoms with van der Waals surface area (Å²) < 4.78 is 10.4. The maximum absolute atomic E-state index is 12.4. The Bertz CT molecular complexity index is 554. The van der Waals surface area contributed by atoms with Crippen LogP contribution in [0.4, 0.5) is 0 Å². The first-order chi connectivity index (χ1) is 10.0. The van der Waals surface area contributed by atoms with Crippen molar-refractivity contribution in [3.05, 3.63) is 23.8 Å². The summed E-state index contributed by atoms with van der Waals surface area (Å²) in [6.07, 6.45) is 0.408. The maximum atomic E-state index is 12.4. The van der Waals surface area contributed by atoms with Gasteiger partial charge in [0, 0.05) is 5.75 Å². The van der Waals surface area contributed by atoms with Gasteiger partial charge in [0.25, 0.3) is 5.91 Å². The molecule has 2 N–H and O–H groups in total. The monoisotopic (exact) mass is 311 g/mol. The highest BCUT2D eigenvalue weighted by atomic mass is 32.2. The number of hydrogen-bond donors (Lipinski definition) is 2. The number of aliphatic carboxylic acids is 1. The number of methoxy groups -OCH3 is 2. The van der Waals surface area contributed by atoms with E-state index in [2.05, 4.69) is 5.32 Å². The zero-order valence-electron chi connectivity index (χ0n) is 11.8. The highest BCUT2D eigenvalue weighted by Gasteiger charge is 2.43. The number of carboxylic acid groups (broad SMARTS) is 1. The zero-order valence-corrected chi connectivity index (χ0v) is 12.7. The summed E-state index contributed by atoms with van der Waals surface area (Å²) >= 11 is 1.51. The van der Waals surface area contributed by atoms with Crippen molar-refractivity contribution >= 4 is 23.6 Å². The van der Waals surface area contributed by atoms with Gasteiger partial charge in [-0.25, -0.2) is 4.79 Å². The number of carbonyl (C=O) groups excluding carboxylic acids is 1. The van der Waals surface area contributed by atoms with Crippen LogP contribution in [0.25, 0.3) is 0 Å². The second-order valence-electron chi connectivity index (χ2n) is 4.69. The molecular weight excluding hydrogens is 294 g/mol. The minimum absolute atomic E-state index is 0.259. The number of carbonyl (C=O) groups is 2. The molecule has 1 unspecified atom stereocenters. The van der Waals surface area contributed by atoms with Gasteiger partial charge in [-0.05, 0) is 24.3 Å². The summed E-state index contributed by atoms with van der Waals surface area (Å²) in [6, 6.07) is 4.91. The van der Waals surface area contributed by atoms with E-state index in [1.165, 1.54) is 26.0 Å². The number of ether oxygens (including phenoxy) is 2. The van der Waals surface area contributed by atoms with Gasteiger partial charge in [0.15, 0.2) is 11.5 Å². The minimum atomic E-state index is -1.21. The summed E-state index contributed by atoms with van der Waals surface area (Å²) in [4.78, 5) is 23.9. The molecule has 0 aromatic heterocycles. The van der Waals surface area contributed by atoms with Crippen LogP contribution in [0, 0.1) is 0 Å². The topological polar surface area (TPSA) is 84.9 Å². The first-order valence-corrected chi connectivity index (χ1v) is 7.54. The molecule has 114 valence electrons. The van der Waals surface area contributed by atoms with Crippen molar-refractivity contribution in [1.82, 2.24) is 5.32 Å². The second kappa shape index (κ2) is 6.26. The summed E-state index contributed by atoms with van der Waals surface area (Å²) in [6.45, 7) is 0. The van der Waals surface area contributed by atoms with Gasteiger partial charge >= 0.3 is 5.97 Å². The highest BCUT2D eigenvalue weighted by molar-refractivity contribution is 7.99. The molecule has 7 heteroatoms. The van der Waals surface area contributed by atoms with E-state index >= 15 is 0 Å². The number of nitrogens with one attached hydrogen (secondary N) is 1. The molecule has 21 heavy (non-hydrogen) atoms. The number of para-hydroxylation sites is 1. The lowest BCUT2D eigenvalue weighted by molar-refractivity contribution is -0.143. The number of benzene rings is 1. The van der Waals surface area contributed by atoms with E-state index in [1.807, 2.05) is 0 Å². The number of thioether (sulfide) groups is 1. The molecule has 0 saturated carbocycles. The van der Waals surface area contributed by atoms with Crippen LogP contribution in [0.2, 0.25) is 0 Å². The van der Waals surface area contributed by atoms with E-state index < -0.39 is 17.4 Å². The molecule has 1 aliphatic rings. The van der Waals surface area contributed by atoms with Crippen LogP contribution >= 0.6 is 11.8 Å². The lowest BCUT2D eigenvalue weighted by atomic mass is 9.98. The van der Waals surface area contributed by atoms with Crippen LogP contribution in [0.1, 0.15) is 16.8 Å². The van der Waals surface area contributed by atoms with Crippen molar-refractivity contribution in [2.24, 2.45) is 0 Å². The Morgan fingerprint density at radius 3 is 2.62 bits per heavy atom. The van der Waals surface area contributed by atoms with Gasteiger partial charge in [0.1, 0.15) is 5.54 Å². The molecule has 1 amide bonds. The molecular formula is C14H17NO5S. The molecule has 0 bridgehead atoms. The summed E-state index contributed by atoms with van der Waals surface area (Å²) in [5, 5.41) is 12.0. The van der Waals surface area contributed by atoms with Gasteiger partial charge in [0.05, 0.1) is 19.8 Å². The molecule has 1 heterocycles. The van der Waals surface area contributed by atoms with Crippen LogP contribution < -0.4 is 14.8 Å². The Morgan fingerprint density at radius 2 is 2.10 bits per heavy atom. The van der Waals surface area contributed by atoms with Gasteiger partial charge in [-0.1, -0.05) is 6.07 Å². The third kappa shape index (κ3) is 2.92. The van der Waals surface area contributed by atoms with Gasteiger partial charge in [-0.15, -0.1) is 0 Å². The summed E-state index contributed by atoms with van der Waals surface area (Å²) in [7, 11) is 2.92. The average Bonchev–Trinajstić information content (AvgIpc) is 2.96. The van der Waals surface area contributed by atoms with E-state index in [0.29, 0.717) is 29.4 Å². The normalized spacial score (nSPS) is 20.9. The molecule has 0 spiro atoms. The molecule has 1 aliphatic heterocycles. The fraction of sp³-hybridized carbons (Fsp3) is 0.429. The molecule has 0 aliphatic carbocycles. The van der Waals surface area contributed by atoms with Crippen molar-refractivity contribution < 1.29 is 24.2 Å². The van der Waals surface area contributed by atoms with Crippen LogP contribution in [0.3, 0.4) is 0 Å². The van der Waals surface area contributed by atoms with Gasteiger partial charge in [-0.3, -0.25) is 4.79 Å². The van der Waals surface area contributed by atoms with Crippen LogP contribution in [-0.2, 0) is 4.79 Å². The Morgan fingerprint density at radius 1 is 1.33 bits per heavy atom. The molecule has 1 aromatic carbocycles. The fourth-order valence-electron chi connectivity index (χ4n) is 2.24. The number of amides is 1. The van der Waals surface area contributed by atoms with Crippen LogP contribution in [0.5, 0.6) is 11.5 Å². The van der Waals surface area contributed by atoms with Crippen molar-refractivity contribution in [3.63, 3.8) is 0 Å². The van der Waals surface area contributed by atoms with Crippen molar-refractivity contribution in [3.8, 4) is 11.5 Å². The third-order valence-electron chi connectivity index (χ3n) is 3.43. The first-order valence-electron chi connectivity index (χ1n) is 6.39.